The van der Waals surface area contributed by atoms with Gasteiger partial charge in [-0.25, -0.2) is 0 Å². The molecular formula is C28H31NO2S. The van der Waals surface area contributed by atoms with Crippen molar-refractivity contribution < 1.29 is 9.90 Å². The number of carboxylic acid groups (broad SMARTS) is 1. The molecule has 32 heavy (non-hydrogen) atoms. The standard InChI is InChI=1S/C28H31NO2S/c29-26(27(30)31)20-32-28(23-12-6-2-7-13-23,24-14-8-3-9-15-24)25-18-16-22(17-19-25)21-10-4-1-5-11-21/h2-3,6-9,12-19,21,26H,1,4-5,10-11,20,29H2,(H,30,31)/t26-/m0/s1. The smallest absolute Gasteiger partial charge is 0.321 e. The molecule has 0 amide bonds. The topological polar surface area (TPSA) is 63.3 Å². The van der Waals surface area contributed by atoms with E-state index in [1.54, 1.807) is 11.8 Å². The minimum atomic E-state index is -0.972. The molecule has 4 heteroatoms. The van der Waals surface area contributed by atoms with Crippen molar-refractivity contribution in [3.63, 3.8) is 0 Å². The monoisotopic (exact) mass is 445 g/mol. The summed E-state index contributed by atoms with van der Waals surface area (Å²) in [7, 11) is 0. The number of nitrogens with two attached hydrogens (primary N) is 1. The van der Waals surface area contributed by atoms with E-state index >= 15 is 0 Å². The van der Waals surface area contributed by atoms with Gasteiger partial charge in [-0.3, -0.25) is 4.79 Å². The van der Waals surface area contributed by atoms with E-state index in [-0.39, 0.29) is 0 Å². The number of aliphatic carboxylic acids is 1. The molecule has 0 bridgehead atoms. The van der Waals surface area contributed by atoms with Gasteiger partial charge in [-0.05, 0) is 41.0 Å². The molecule has 1 aliphatic carbocycles. The van der Waals surface area contributed by atoms with Crippen LogP contribution in [0.2, 0.25) is 0 Å². The van der Waals surface area contributed by atoms with E-state index in [9.17, 15) is 9.90 Å². The second-order valence-corrected chi connectivity index (χ2v) is 9.86. The Bertz CT molecular complexity index is 959. The van der Waals surface area contributed by atoms with Crippen molar-refractivity contribution in [2.45, 2.75) is 48.8 Å². The molecule has 3 nitrogen and oxygen atoms in total. The lowest BCUT2D eigenvalue weighted by Crippen LogP contribution is -2.36. The summed E-state index contributed by atoms with van der Waals surface area (Å²) in [5, 5.41) is 9.43. The second kappa shape index (κ2) is 10.4. The van der Waals surface area contributed by atoms with Crippen LogP contribution in [-0.2, 0) is 9.54 Å². The van der Waals surface area contributed by atoms with Gasteiger partial charge >= 0.3 is 5.97 Å². The Kier molecular flexibility index (Phi) is 7.33. The molecular weight excluding hydrogens is 414 g/mol. The van der Waals surface area contributed by atoms with Crippen molar-refractivity contribution in [1.29, 1.82) is 0 Å². The van der Waals surface area contributed by atoms with Crippen molar-refractivity contribution >= 4 is 17.7 Å². The van der Waals surface area contributed by atoms with Gasteiger partial charge < -0.3 is 10.8 Å². The molecule has 1 fully saturated rings. The van der Waals surface area contributed by atoms with E-state index in [1.807, 2.05) is 36.4 Å². The Labute approximate surface area is 195 Å². The fourth-order valence-corrected chi connectivity index (χ4v) is 6.29. The van der Waals surface area contributed by atoms with Gasteiger partial charge in [-0.2, -0.15) is 0 Å². The average Bonchev–Trinajstić information content (AvgIpc) is 2.86. The first-order valence-electron chi connectivity index (χ1n) is 11.4. The minimum absolute atomic E-state index is 0.309. The van der Waals surface area contributed by atoms with Crippen LogP contribution in [0.4, 0.5) is 0 Å². The zero-order valence-electron chi connectivity index (χ0n) is 18.3. The highest BCUT2D eigenvalue weighted by Crippen LogP contribution is 2.49. The van der Waals surface area contributed by atoms with Crippen LogP contribution in [0.1, 0.15) is 60.3 Å². The van der Waals surface area contributed by atoms with Crippen molar-refractivity contribution in [2.75, 3.05) is 5.75 Å². The lowest BCUT2D eigenvalue weighted by Gasteiger charge is -2.36. The Balaban J connectivity index is 1.81. The molecule has 0 aromatic heterocycles. The molecule has 166 valence electrons. The maximum Gasteiger partial charge on any atom is 0.321 e. The summed E-state index contributed by atoms with van der Waals surface area (Å²) < 4.78 is -0.541. The summed E-state index contributed by atoms with van der Waals surface area (Å²) in [6.45, 7) is 0. The summed E-state index contributed by atoms with van der Waals surface area (Å²) in [6, 6.07) is 28.8. The highest BCUT2D eigenvalue weighted by Gasteiger charge is 2.38. The zero-order chi connectivity index (χ0) is 22.4. The van der Waals surface area contributed by atoms with Gasteiger partial charge in [0.1, 0.15) is 6.04 Å². The fraction of sp³-hybridized carbons (Fsp3) is 0.321. The van der Waals surface area contributed by atoms with E-state index in [4.69, 9.17) is 5.73 Å². The fourth-order valence-electron chi connectivity index (χ4n) is 4.81. The minimum Gasteiger partial charge on any atom is -0.480 e. The van der Waals surface area contributed by atoms with E-state index in [1.165, 1.54) is 37.7 Å². The first-order valence-corrected chi connectivity index (χ1v) is 12.4. The Morgan fingerprint density at radius 1 is 0.844 bits per heavy atom. The number of hydrogen-bond acceptors (Lipinski definition) is 3. The number of benzene rings is 3. The van der Waals surface area contributed by atoms with Gasteiger partial charge in [-0.1, -0.05) is 104 Å². The molecule has 0 unspecified atom stereocenters. The lowest BCUT2D eigenvalue weighted by atomic mass is 9.81. The van der Waals surface area contributed by atoms with E-state index in [0.717, 1.165) is 16.7 Å². The normalized spacial score (nSPS) is 15.9. The van der Waals surface area contributed by atoms with Crippen LogP contribution in [-0.4, -0.2) is 22.9 Å². The summed E-state index contributed by atoms with van der Waals surface area (Å²) in [6.07, 6.45) is 6.51. The van der Waals surface area contributed by atoms with Crippen LogP contribution in [0.5, 0.6) is 0 Å². The van der Waals surface area contributed by atoms with Crippen molar-refractivity contribution in [1.82, 2.24) is 0 Å². The Morgan fingerprint density at radius 3 is 1.84 bits per heavy atom. The molecule has 0 saturated heterocycles. The molecule has 1 aliphatic rings. The molecule has 1 saturated carbocycles. The molecule has 0 aliphatic heterocycles. The van der Waals surface area contributed by atoms with Gasteiger partial charge in [0.05, 0.1) is 4.75 Å². The Hall–Kier alpha value is -2.56. The predicted molar refractivity (Wildman–Crippen MR) is 133 cm³/mol. The SMILES string of the molecule is N[C@@H](CSC(c1ccccc1)(c1ccccc1)c1ccc(C2CCCCC2)cc1)C(=O)O. The van der Waals surface area contributed by atoms with Crippen molar-refractivity contribution in [2.24, 2.45) is 5.73 Å². The number of rotatable bonds is 8. The van der Waals surface area contributed by atoms with Crippen molar-refractivity contribution in [3.05, 3.63) is 107 Å². The summed E-state index contributed by atoms with van der Waals surface area (Å²) >= 11 is 1.60. The quantitative estimate of drug-likeness (QED) is 0.407. The molecule has 0 spiro atoms. The van der Waals surface area contributed by atoms with Crippen LogP contribution in [0.3, 0.4) is 0 Å². The third-order valence-electron chi connectivity index (χ3n) is 6.55. The van der Waals surface area contributed by atoms with Crippen LogP contribution in [0.25, 0.3) is 0 Å². The van der Waals surface area contributed by atoms with E-state index in [0.29, 0.717) is 11.7 Å². The van der Waals surface area contributed by atoms with Crippen LogP contribution < -0.4 is 5.73 Å². The van der Waals surface area contributed by atoms with Crippen LogP contribution in [0, 0.1) is 0 Å². The van der Waals surface area contributed by atoms with Gasteiger partial charge in [-0.15, -0.1) is 11.8 Å². The number of hydrogen-bond donors (Lipinski definition) is 2. The first-order chi connectivity index (χ1) is 15.6. The van der Waals surface area contributed by atoms with Crippen molar-refractivity contribution in [3.8, 4) is 0 Å². The number of thioether (sulfide) groups is 1. The van der Waals surface area contributed by atoms with Gasteiger partial charge in [0.15, 0.2) is 0 Å². The molecule has 3 aromatic rings. The summed E-state index contributed by atoms with van der Waals surface area (Å²) in [4.78, 5) is 11.5. The second-order valence-electron chi connectivity index (χ2n) is 8.63. The lowest BCUT2D eigenvalue weighted by molar-refractivity contribution is -0.137. The van der Waals surface area contributed by atoms with Crippen LogP contribution in [0.15, 0.2) is 84.9 Å². The molecule has 0 heterocycles. The number of carboxylic acids is 1. The first kappa shape index (κ1) is 22.6. The highest BCUT2D eigenvalue weighted by molar-refractivity contribution is 8.00. The summed E-state index contributed by atoms with van der Waals surface area (Å²) in [5.41, 5.74) is 10.8. The van der Waals surface area contributed by atoms with Crippen LogP contribution >= 0.6 is 11.8 Å². The molecule has 3 N–H and O–H groups in total. The summed E-state index contributed by atoms with van der Waals surface area (Å²) in [5.74, 6) is -0.0161. The molecule has 1 atom stereocenters. The molecule has 4 rings (SSSR count). The maximum absolute atomic E-state index is 11.5. The molecule has 0 radical (unpaired) electrons. The largest absolute Gasteiger partial charge is 0.480 e. The zero-order valence-corrected chi connectivity index (χ0v) is 19.1. The molecule has 3 aromatic carbocycles. The maximum atomic E-state index is 11.5. The third kappa shape index (κ3) is 4.77. The van der Waals surface area contributed by atoms with Gasteiger partial charge in [0, 0.05) is 5.75 Å². The van der Waals surface area contributed by atoms with E-state index in [2.05, 4.69) is 48.5 Å². The van der Waals surface area contributed by atoms with E-state index < -0.39 is 16.8 Å². The average molecular weight is 446 g/mol. The highest BCUT2D eigenvalue weighted by atomic mass is 32.2. The Morgan fingerprint density at radius 2 is 1.34 bits per heavy atom. The number of carbonyl (C=O) groups is 1. The predicted octanol–water partition coefficient (Wildman–Crippen LogP) is 6.17. The van der Waals surface area contributed by atoms with Gasteiger partial charge in [0.2, 0.25) is 0 Å². The third-order valence-corrected chi connectivity index (χ3v) is 8.22. The van der Waals surface area contributed by atoms with Gasteiger partial charge in [0.25, 0.3) is 0 Å².